The monoisotopic (exact) mass is 281 g/mol. The van der Waals surface area contributed by atoms with Crippen LogP contribution in [0.1, 0.15) is 25.3 Å². The van der Waals surface area contributed by atoms with Gasteiger partial charge in [0.2, 0.25) is 0 Å². The Balaban J connectivity index is 1.98. The van der Waals surface area contributed by atoms with Gasteiger partial charge in [0, 0.05) is 17.3 Å². The van der Waals surface area contributed by atoms with Gasteiger partial charge in [-0.1, -0.05) is 48.8 Å². The highest BCUT2D eigenvalue weighted by Gasteiger charge is 2.12. The minimum absolute atomic E-state index is 0.748. The van der Waals surface area contributed by atoms with E-state index >= 15 is 0 Å². The Morgan fingerprint density at radius 1 is 1.39 bits per heavy atom. The van der Waals surface area contributed by atoms with Crippen LogP contribution in [0.5, 0.6) is 0 Å². The van der Waals surface area contributed by atoms with Crippen LogP contribution >= 0.6 is 23.4 Å². The van der Waals surface area contributed by atoms with E-state index in [-0.39, 0.29) is 0 Å². The maximum atomic E-state index is 5.86. The molecule has 1 heterocycles. The van der Waals surface area contributed by atoms with Gasteiger partial charge in [0.1, 0.15) is 0 Å². The molecule has 3 nitrogen and oxygen atoms in total. The number of hydrogen-bond donors (Lipinski definition) is 1. The van der Waals surface area contributed by atoms with Crippen LogP contribution in [0.15, 0.2) is 34.4 Å². The number of nitrogens with zero attached hydrogens (tertiary/aromatic N) is 2. The van der Waals surface area contributed by atoms with Crippen LogP contribution < -0.4 is 5.43 Å². The quantitative estimate of drug-likeness (QED) is 0.857. The Bertz CT molecular complexity index is 454. The largest absolute Gasteiger partial charge is 0.261 e. The van der Waals surface area contributed by atoms with Crippen molar-refractivity contribution < 1.29 is 0 Å². The first kappa shape index (κ1) is 13.4. The van der Waals surface area contributed by atoms with Crippen LogP contribution in [-0.4, -0.2) is 23.2 Å². The van der Waals surface area contributed by atoms with Crippen molar-refractivity contribution in [1.29, 1.82) is 0 Å². The first-order chi connectivity index (χ1) is 8.79. The van der Waals surface area contributed by atoms with E-state index in [4.69, 9.17) is 11.6 Å². The number of rotatable bonds is 4. The molecular formula is C13H16ClN3S. The summed E-state index contributed by atoms with van der Waals surface area (Å²) in [5, 5.41) is 6.03. The molecule has 1 aliphatic heterocycles. The van der Waals surface area contributed by atoms with Crippen molar-refractivity contribution in [3.8, 4) is 0 Å². The van der Waals surface area contributed by atoms with Gasteiger partial charge in [-0.05, 0) is 24.1 Å². The molecule has 0 atom stereocenters. The number of benzene rings is 1. The van der Waals surface area contributed by atoms with Crippen LogP contribution in [0.2, 0.25) is 5.02 Å². The van der Waals surface area contributed by atoms with E-state index in [2.05, 4.69) is 22.4 Å². The number of unbranched alkanes of at least 4 members (excludes halogenated alkanes) is 1. The van der Waals surface area contributed by atoms with Gasteiger partial charge in [-0.25, -0.2) is 0 Å². The molecule has 2 rings (SSSR count). The summed E-state index contributed by atoms with van der Waals surface area (Å²) in [5.74, 6) is 0.847. The predicted molar refractivity (Wildman–Crippen MR) is 80.8 cm³/mol. The lowest BCUT2D eigenvalue weighted by molar-refractivity contribution is 0.804. The summed E-state index contributed by atoms with van der Waals surface area (Å²) in [6.07, 6.45) is 2.29. The lowest BCUT2D eigenvalue weighted by Crippen LogP contribution is -2.25. The zero-order valence-corrected chi connectivity index (χ0v) is 11.9. The van der Waals surface area contributed by atoms with E-state index in [0.29, 0.717) is 0 Å². The summed E-state index contributed by atoms with van der Waals surface area (Å²) in [6.45, 7) is 3.04. The first-order valence-corrected chi connectivity index (χ1v) is 7.41. The fourth-order valence-corrected chi connectivity index (χ4v) is 2.45. The molecule has 0 saturated heterocycles. The third-order valence-corrected chi connectivity index (χ3v) is 3.74. The second-order valence-electron chi connectivity index (χ2n) is 4.01. The number of aliphatic imine (C=N–C) groups is 1. The van der Waals surface area contributed by atoms with Gasteiger partial charge in [0.05, 0.1) is 5.71 Å². The number of hydrazone groups is 1. The second-order valence-corrected chi connectivity index (χ2v) is 5.41. The molecule has 1 aromatic rings. The van der Waals surface area contributed by atoms with E-state index in [1.807, 2.05) is 24.3 Å². The van der Waals surface area contributed by atoms with Gasteiger partial charge in [-0.3, -0.25) is 10.4 Å². The molecule has 0 spiro atoms. The first-order valence-electron chi connectivity index (χ1n) is 6.05. The van der Waals surface area contributed by atoms with Crippen molar-refractivity contribution in [1.82, 2.24) is 5.43 Å². The summed E-state index contributed by atoms with van der Waals surface area (Å²) in [6, 6.07) is 7.75. The fourth-order valence-electron chi connectivity index (χ4n) is 1.53. The summed E-state index contributed by atoms with van der Waals surface area (Å²) in [7, 11) is 0. The van der Waals surface area contributed by atoms with Crippen molar-refractivity contribution in [2.45, 2.75) is 19.8 Å². The Morgan fingerprint density at radius 3 is 2.78 bits per heavy atom. The van der Waals surface area contributed by atoms with Gasteiger partial charge < -0.3 is 0 Å². The van der Waals surface area contributed by atoms with Gasteiger partial charge in [-0.15, -0.1) is 0 Å². The SMILES string of the molecule is CCCCN=C1NN=C(c2ccc(Cl)cc2)CS1. The van der Waals surface area contributed by atoms with Gasteiger partial charge in [-0.2, -0.15) is 5.10 Å². The van der Waals surface area contributed by atoms with Crippen LogP contribution in [0, 0.1) is 0 Å². The average molecular weight is 282 g/mol. The molecule has 0 aromatic heterocycles. The summed E-state index contributed by atoms with van der Waals surface area (Å²) < 4.78 is 0. The van der Waals surface area contributed by atoms with Crippen molar-refractivity contribution in [2.75, 3.05) is 12.3 Å². The Hall–Kier alpha value is -1.000. The third-order valence-electron chi connectivity index (χ3n) is 2.58. The van der Waals surface area contributed by atoms with Crippen molar-refractivity contribution in [3.05, 3.63) is 34.9 Å². The van der Waals surface area contributed by atoms with Gasteiger partial charge in [0.25, 0.3) is 0 Å². The minimum atomic E-state index is 0.748. The smallest absolute Gasteiger partial charge is 0.177 e. The Morgan fingerprint density at radius 2 is 2.17 bits per heavy atom. The topological polar surface area (TPSA) is 36.8 Å². The molecule has 1 aliphatic rings. The van der Waals surface area contributed by atoms with E-state index < -0.39 is 0 Å². The lowest BCUT2D eigenvalue weighted by atomic mass is 10.1. The Labute approximate surface area is 117 Å². The maximum Gasteiger partial charge on any atom is 0.177 e. The summed E-state index contributed by atoms with van der Waals surface area (Å²) in [4.78, 5) is 4.46. The third kappa shape index (κ3) is 3.75. The second kappa shape index (κ2) is 6.81. The molecule has 0 bridgehead atoms. The minimum Gasteiger partial charge on any atom is -0.261 e. The average Bonchev–Trinajstić information content (AvgIpc) is 2.41. The summed E-state index contributed by atoms with van der Waals surface area (Å²) >= 11 is 7.56. The zero-order valence-electron chi connectivity index (χ0n) is 10.3. The number of amidine groups is 1. The lowest BCUT2D eigenvalue weighted by Gasteiger charge is -2.14. The van der Waals surface area contributed by atoms with Gasteiger partial charge in [0.15, 0.2) is 5.17 Å². The zero-order chi connectivity index (χ0) is 12.8. The van der Waals surface area contributed by atoms with Crippen LogP contribution in [0.3, 0.4) is 0 Å². The van der Waals surface area contributed by atoms with E-state index in [1.165, 1.54) is 6.42 Å². The number of thioether (sulfide) groups is 1. The van der Waals surface area contributed by atoms with Crippen LogP contribution in [0.4, 0.5) is 0 Å². The molecule has 1 aromatic carbocycles. The molecule has 0 radical (unpaired) electrons. The normalized spacial score (nSPS) is 17.4. The molecule has 18 heavy (non-hydrogen) atoms. The molecule has 0 unspecified atom stereocenters. The molecule has 0 saturated carbocycles. The standard InChI is InChI=1S/C13H16ClN3S/c1-2-3-8-15-13-17-16-12(9-18-13)10-4-6-11(14)7-5-10/h4-7H,2-3,8-9H2,1H3,(H,15,17). The van der Waals surface area contributed by atoms with Crippen LogP contribution in [-0.2, 0) is 0 Å². The highest BCUT2D eigenvalue weighted by Crippen LogP contribution is 2.16. The molecule has 0 aliphatic carbocycles. The molecule has 5 heteroatoms. The molecule has 0 fully saturated rings. The number of halogens is 1. The molecular weight excluding hydrogens is 266 g/mol. The van der Waals surface area contributed by atoms with Crippen molar-refractivity contribution in [3.63, 3.8) is 0 Å². The Kier molecular flexibility index (Phi) is 5.08. The highest BCUT2D eigenvalue weighted by atomic mass is 35.5. The van der Waals surface area contributed by atoms with Crippen molar-refractivity contribution in [2.24, 2.45) is 10.1 Å². The van der Waals surface area contributed by atoms with E-state index in [9.17, 15) is 0 Å². The van der Waals surface area contributed by atoms with Crippen molar-refractivity contribution >= 4 is 34.2 Å². The van der Waals surface area contributed by atoms with E-state index in [0.717, 1.165) is 40.2 Å². The van der Waals surface area contributed by atoms with E-state index in [1.54, 1.807) is 11.8 Å². The van der Waals surface area contributed by atoms with Crippen LogP contribution in [0.25, 0.3) is 0 Å². The number of hydrogen-bond acceptors (Lipinski definition) is 3. The maximum absolute atomic E-state index is 5.86. The summed E-state index contributed by atoms with van der Waals surface area (Å²) in [5.41, 5.74) is 5.15. The predicted octanol–water partition coefficient (Wildman–Crippen LogP) is 3.54. The molecule has 1 N–H and O–H groups in total. The highest BCUT2D eigenvalue weighted by molar-refractivity contribution is 8.14. The number of nitrogens with one attached hydrogen (secondary N) is 1. The molecule has 0 amide bonds. The molecule has 96 valence electrons. The van der Waals surface area contributed by atoms with Gasteiger partial charge >= 0.3 is 0 Å². The fraction of sp³-hybridized carbons (Fsp3) is 0.385.